The van der Waals surface area contributed by atoms with E-state index >= 15 is 0 Å². The normalized spacial score (nSPS) is 20.2. The van der Waals surface area contributed by atoms with Gasteiger partial charge in [-0.05, 0) is 59.7 Å². The molecule has 0 saturated carbocycles. The molecule has 0 fully saturated rings. The maximum absolute atomic E-state index is 11.3. The molecule has 0 spiro atoms. The van der Waals surface area contributed by atoms with Gasteiger partial charge in [0.25, 0.3) is 0 Å². The van der Waals surface area contributed by atoms with Gasteiger partial charge in [0.1, 0.15) is 17.8 Å². The first-order chi connectivity index (χ1) is 11.7. The highest BCUT2D eigenvalue weighted by atomic mass is 16.5. The molecular weight excluding hydrogens is 300 g/mol. The lowest BCUT2D eigenvalue weighted by Gasteiger charge is -2.30. The van der Waals surface area contributed by atoms with Crippen LogP contribution in [0.5, 0.6) is 11.5 Å². The van der Waals surface area contributed by atoms with Gasteiger partial charge in [0.15, 0.2) is 0 Å². The van der Waals surface area contributed by atoms with Crippen LogP contribution in [0.15, 0.2) is 60.2 Å². The van der Waals surface area contributed by atoms with E-state index in [9.17, 15) is 4.79 Å². The summed E-state index contributed by atoms with van der Waals surface area (Å²) in [6, 6.07) is 16.4. The van der Waals surface area contributed by atoms with E-state index in [1.165, 1.54) is 11.1 Å². The SMILES string of the molecule is COc1ccc(C2C=C(C=O)CCC2c2ccc(OC)cc2)cc1. The van der Waals surface area contributed by atoms with Crippen molar-refractivity contribution in [2.75, 3.05) is 14.2 Å². The van der Waals surface area contributed by atoms with Crippen molar-refractivity contribution >= 4 is 6.29 Å². The van der Waals surface area contributed by atoms with Crippen molar-refractivity contribution in [1.29, 1.82) is 0 Å². The van der Waals surface area contributed by atoms with Crippen LogP contribution in [-0.2, 0) is 4.79 Å². The van der Waals surface area contributed by atoms with Gasteiger partial charge < -0.3 is 9.47 Å². The standard InChI is InChI=1S/C21H22O3/c1-23-18-8-4-16(5-9-18)20-12-3-15(14-22)13-21(20)17-6-10-19(24-2)11-7-17/h4-11,13-14,20-21H,3,12H2,1-2H3. The highest BCUT2D eigenvalue weighted by Gasteiger charge is 2.27. The van der Waals surface area contributed by atoms with Crippen LogP contribution in [0.3, 0.4) is 0 Å². The second kappa shape index (κ2) is 7.35. The molecule has 0 amide bonds. The van der Waals surface area contributed by atoms with Crippen LogP contribution in [0.1, 0.15) is 35.8 Å². The first kappa shape index (κ1) is 16.3. The molecule has 3 rings (SSSR count). The summed E-state index contributed by atoms with van der Waals surface area (Å²) in [4.78, 5) is 11.3. The second-order valence-corrected chi connectivity index (χ2v) is 6.08. The maximum atomic E-state index is 11.3. The zero-order valence-electron chi connectivity index (χ0n) is 14.1. The highest BCUT2D eigenvalue weighted by Crippen LogP contribution is 2.43. The van der Waals surface area contributed by atoms with Crippen molar-refractivity contribution in [3.63, 3.8) is 0 Å². The van der Waals surface area contributed by atoms with Gasteiger partial charge in [-0.2, -0.15) is 0 Å². The highest BCUT2D eigenvalue weighted by molar-refractivity contribution is 5.74. The number of allylic oxidation sites excluding steroid dienone is 2. The molecule has 0 heterocycles. The first-order valence-corrected chi connectivity index (χ1v) is 8.19. The van der Waals surface area contributed by atoms with E-state index in [-0.39, 0.29) is 5.92 Å². The third kappa shape index (κ3) is 3.35. The van der Waals surface area contributed by atoms with Crippen LogP contribution in [0.2, 0.25) is 0 Å². The Morgan fingerprint density at radius 1 is 0.875 bits per heavy atom. The summed E-state index contributed by atoms with van der Waals surface area (Å²) in [5.74, 6) is 2.25. The van der Waals surface area contributed by atoms with Crippen LogP contribution in [0.4, 0.5) is 0 Å². The molecule has 2 atom stereocenters. The lowest BCUT2D eigenvalue weighted by molar-refractivity contribution is -0.105. The molecule has 2 unspecified atom stereocenters. The summed E-state index contributed by atoms with van der Waals surface area (Å²) in [6.45, 7) is 0. The number of ether oxygens (including phenoxy) is 2. The molecule has 2 aromatic carbocycles. The average Bonchev–Trinajstić information content (AvgIpc) is 2.67. The summed E-state index contributed by atoms with van der Waals surface area (Å²) in [5.41, 5.74) is 3.37. The molecule has 0 bridgehead atoms. The molecule has 124 valence electrons. The van der Waals surface area contributed by atoms with Crippen molar-refractivity contribution in [2.24, 2.45) is 0 Å². The molecule has 0 N–H and O–H groups in total. The Bertz CT molecular complexity index is 714. The zero-order valence-corrected chi connectivity index (χ0v) is 14.1. The largest absolute Gasteiger partial charge is 0.497 e. The molecule has 24 heavy (non-hydrogen) atoms. The van der Waals surface area contributed by atoms with E-state index < -0.39 is 0 Å². The molecule has 1 aliphatic carbocycles. The van der Waals surface area contributed by atoms with E-state index in [4.69, 9.17) is 9.47 Å². The van der Waals surface area contributed by atoms with Gasteiger partial charge in [-0.1, -0.05) is 30.3 Å². The third-order valence-electron chi connectivity index (χ3n) is 4.77. The maximum Gasteiger partial charge on any atom is 0.145 e. The number of hydrogen-bond acceptors (Lipinski definition) is 3. The van der Waals surface area contributed by atoms with Gasteiger partial charge in [-0.3, -0.25) is 4.79 Å². The third-order valence-corrected chi connectivity index (χ3v) is 4.77. The van der Waals surface area contributed by atoms with Gasteiger partial charge >= 0.3 is 0 Å². The molecular formula is C21H22O3. The fraction of sp³-hybridized carbons (Fsp3) is 0.286. The molecule has 3 heteroatoms. The van der Waals surface area contributed by atoms with E-state index in [1.807, 2.05) is 24.3 Å². The minimum atomic E-state index is 0.193. The van der Waals surface area contributed by atoms with Crippen LogP contribution < -0.4 is 9.47 Å². The number of carbonyl (C=O) groups excluding carboxylic acids is 1. The second-order valence-electron chi connectivity index (χ2n) is 6.08. The number of methoxy groups -OCH3 is 2. The van der Waals surface area contributed by atoms with Crippen LogP contribution in [-0.4, -0.2) is 20.5 Å². The number of benzene rings is 2. The number of rotatable bonds is 5. The van der Waals surface area contributed by atoms with Crippen LogP contribution in [0.25, 0.3) is 0 Å². The summed E-state index contributed by atoms with van der Waals surface area (Å²) in [5, 5.41) is 0. The summed E-state index contributed by atoms with van der Waals surface area (Å²) in [7, 11) is 3.34. The van der Waals surface area contributed by atoms with Gasteiger partial charge in [-0.15, -0.1) is 0 Å². The van der Waals surface area contributed by atoms with Crippen molar-refractivity contribution in [3.8, 4) is 11.5 Å². The van der Waals surface area contributed by atoms with Gasteiger partial charge in [-0.25, -0.2) is 0 Å². The lowest BCUT2D eigenvalue weighted by atomic mass is 9.74. The fourth-order valence-corrected chi connectivity index (χ4v) is 3.41. The van der Waals surface area contributed by atoms with Crippen LogP contribution >= 0.6 is 0 Å². The van der Waals surface area contributed by atoms with Gasteiger partial charge in [0, 0.05) is 5.92 Å². The Hall–Kier alpha value is -2.55. The van der Waals surface area contributed by atoms with Gasteiger partial charge in [0.05, 0.1) is 14.2 Å². The Kier molecular flexibility index (Phi) is 4.99. The number of aldehydes is 1. The minimum Gasteiger partial charge on any atom is -0.497 e. The van der Waals surface area contributed by atoms with Crippen molar-refractivity contribution in [1.82, 2.24) is 0 Å². The predicted molar refractivity (Wildman–Crippen MR) is 94.9 cm³/mol. The summed E-state index contributed by atoms with van der Waals surface area (Å²) >= 11 is 0. The first-order valence-electron chi connectivity index (χ1n) is 8.19. The number of hydrogen-bond donors (Lipinski definition) is 0. The van der Waals surface area contributed by atoms with Crippen molar-refractivity contribution in [2.45, 2.75) is 24.7 Å². The average molecular weight is 322 g/mol. The summed E-state index contributed by atoms with van der Waals surface area (Å²) < 4.78 is 10.5. The fourth-order valence-electron chi connectivity index (χ4n) is 3.41. The molecule has 3 nitrogen and oxygen atoms in total. The van der Waals surface area contributed by atoms with Crippen molar-refractivity contribution in [3.05, 3.63) is 71.3 Å². The molecule has 0 radical (unpaired) electrons. The van der Waals surface area contributed by atoms with E-state index in [1.54, 1.807) is 14.2 Å². The zero-order chi connectivity index (χ0) is 16.9. The van der Waals surface area contributed by atoms with E-state index in [0.717, 1.165) is 36.2 Å². The summed E-state index contributed by atoms with van der Waals surface area (Å²) in [6.07, 6.45) is 4.90. The quantitative estimate of drug-likeness (QED) is 0.761. The molecule has 0 saturated heterocycles. The van der Waals surface area contributed by atoms with Crippen molar-refractivity contribution < 1.29 is 14.3 Å². The minimum absolute atomic E-state index is 0.193. The van der Waals surface area contributed by atoms with Gasteiger partial charge in [0.2, 0.25) is 0 Å². The molecule has 2 aromatic rings. The number of carbonyl (C=O) groups is 1. The Labute approximate surface area is 142 Å². The Morgan fingerprint density at radius 3 is 1.92 bits per heavy atom. The van der Waals surface area contributed by atoms with Crippen LogP contribution in [0, 0.1) is 0 Å². The monoisotopic (exact) mass is 322 g/mol. The van der Waals surface area contributed by atoms with E-state index in [2.05, 4.69) is 30.3 Å². The Balaban J connectivity index is 1.96. The molecule has 1 aliphatic rings. The van der Waals surface area contributed by atoms with E-state index in [0.29, 0.717) is 5.92 Å². The molecule has 0 aromatic heterocycles. The Morgan fingerprint density at radius 2 is 1.42 bits per heavy atom. The molecule has 0 aliphatic heterocycles. The smallest absolute Gasteiger partial charge is 0.145 e. The lowest BCUT2D eigenvalue weighted by Crippen LogP contribution is -2.15. The topological polar surface area (TPSA) is 35.5 Å². The predicted octanol–water partition coefficient (Wildman–Crippen LogP) is 4.49.